The van der Waals surface area contributed by atoms with E-state index in [2.05, 4.69) is 0 Å². The molecule has 1 aliphatic heterocycles. The van der Waals surface area contributed by atoms with E-state index in [1.807, 2.05) is 34.9 Å². The number of nitrogens with zero attached hydrogens (tertiary/aromatic N) is 1. The fourth-order valence-corrected chi connectivity index (χ4v) is 3.60. The van der Waals surface area contributed by atoms with Gasteiger partial charge in [0.25, 0.3) is 0 Å². The van der Waals surface area contributed by atoms with E-state index in [1.165, 1.54) is 24.8 Å². The van der Waals surface area contributed by atoms with Crippen molar-refractivity contribution in [1.29, 1.82) is 0 Å². The molecular formula is C21H16F3NO2. The number of hydrogen-bond donors (Lipinski definition) is 0. The monoisotopic (exact) mass is 371 g/mol. The van der Waals surface area contributed by atoms with Crippen LogP contribution in [0.4, 0.5) is 13.2 Å². The van der Waals surface area contributed by atoms with Crippen molar-refractivity contribution in [2.75, 3.05) is 7.11 Å². The van der Waals surface area contributed by atoms with Crippen LogP contribution in [0, 0.1) is 0 Å². The van der Waals surface area contributed by atoms with Gasteiger partial charge in [0.15, 0.2) is 0 Å². The first kappa shape index (κ1) is 17.4. The number of rotatable bonds is 2. The molecule has 0 saturated heterocycles. The van der Waals surface area contributed by atoms with E-state index >= 15 is 0 Å². The molecule has 0 fully saturated rings. The quantitative estimate of drug-likeness (QED) is 0.581. The Bertz CT molecular complexity index is 1020. The zero-order chi connectivity index (χ0) is 19.2. The van der Waals surface area contributed by atoms with E-state index in [0.29, 0.717) is 23.4 Å². The van der Waals surface area contributed by atoms with E-state index in [4.69, 9.17) is 4.74 Å². The third-order valence-electron chi connectivity index (χ3n) is 4.90. The molecule has 27 heavy (non-hydrogen) atoms. The number of methoxy groups -OCH3 is 1. The summed E-state index contributed by atoms with van der Waals surface area (Å²) in [6.45, 7) is 0.609. The van der Waals surface area contributed by atoms with E-state index in [0.717, 1.165) is 29.8 Å². The Kier molecular flexibility index (Phi) is 4.06. The lowest BCUT2D eigenvalue weighted by molar-refractivity contribution is -0.137. The van der Waals surface area contributed by atoms with E-state index in [-0.39, 0.29) is 0 Å². The topological polar surface area (TPSA) is 31.2 Å². The lowest BCUT2D eigenvalue weighted by Crippen LogP contribution is -2.17. The van der Waals surface area contributed by atoms with E-state index in [1.54, 1.807) is 0 Å². The number of carbonyl (C=O) groups excluding carboxylic acids is 1. The normalized spacial score (nSPS) is 13.0. The average Bonchev–Trinajstić information content (AvgIpc) is 3.07. The minimum absolute atomic E-state index is 0.363. The lowest BCUT2D eigenvalue weighted by atomic mass is 9.98. The molecule has 1 aliphatic rings. The highest BCUT2D eigenvalue weighted by Gasteiger charge is 2.31. The van der Waals surface area contributed by atoms with Crippen molar-refractivity contribution in [2.45, 2.75) is 19.1 Å². The van der Waals surface area contributed by atoms with Crippen molar-refractivity contribution in [2.24, 2.45) is 0 Å². The van der Waals surface area contributed by atoms with Crippen LogP contribution in [0.2, 0.25) is 0 Å². The van der Waals surface area contributed by atoms with E-state index < -0.39 is 17.7 Å². The molecule has 0 radical (unpaired) electrons. The molecule has 0 saturated carbocycles. The van der Waals surface area contributed by atoms with Crippen LogP contribution in [0.3, 0.4) is 0 Å². The molecule has 2 aromatic carbocycles. The molecule has 0 N–H and O–H groups in total. The third kappa shape index (κ3) is 2.91. The van der Waals surface area contributed by atoms with Gasteiger partial charge in [0.05, 0.1) is 12.7 Å². The van der Waals surface area contributed by atoms with Gasteiger partial charge in [-0.15, -0.1) is 0 Å². The summed E-state index contributed by atoms with van der Waals surface area (Å²) in [5.74, 6) is -0.504. The van der Waals surface area contributed by atoms with Crippen LogP contribution in [-0.4, -0.2) is 17.6 Å². The number of carbonyl (C=O) groups is 1. The van der Waals surface area contributed by atoms with Gasteiger partial charge in [-0.25, -0.2) is 4.79 Å². The second kappa shape index (κ2) is 6.30. The zero-order valence-electron chi connectivity index (χ0n) is 14.5. The highest BCUT2D eigenvalue weighted by atomic mass is 19.4. The van der Waals surface area contributed by atoms with Crippen molar-refractivity contribution in [3.63, 3.8) is 0 Å². The summed E-state index contributed by atoms with van der Waals surface area (Å²) < 4.78 is 45.4. The molecule has 0 bridgehead atoms. The molecule has 3 aromatic rings. The van der Waals surface area contributed by atoms with Crippen LogP contribution in [-0.2, 0) is 23.9 Å². The summed E-state index contributed by atoms with van der Waals surface area (Å²) in [5.41, 5.74) is 3.82. The fraction of sp³-hybridized carbons (Fsp3) is 0.190. The predicted octanol–water partition coefficient (Wildman–Crippen LogP) is 5.18. The molecule has 3 nitrogen and oxygen atoms in total. The average molecular weight is 371 g/mol. The van der Waals surface area contributed by atoms with Crippen LogP contribution in [0.15, 0.2) is 54.6 Å². The van der Waals surface area contributed by atoms with Gasteiger partial charge in [0, 0.05) is 23.4 Å². The van der Waals surface area contributed by atoms with Crippen LogP contribution in [0.25, 0.3) is 22.4 Å². The molecule has 1 aromatic heterocycles. The Morgan fingerprint density at radius 1 is 1.04 bits per heavy atom. The number of benzene rings is 2. The summed E-state index contributed by atoms with van der Waals surface area (Å²) in [4.78, 5) is 12.5. The fourth-order valence-electron chi connectivity index (χ4n) is 3.60. The number of hydrogen-bond acceptors (Lipinski definition) is 2. The van der Waals surface area contributed by atoms with Crippen molar-refractivity contribution < 1.29 is 22.7 Å². The first-order chi connectivity index (χ1) is 12.9. The SMILES string of the molecule is COC(=O)c1c(-c2ccc(C(F)(F)F)cc2)cc2n1CCc1ccccc1-2. The summed E-state index contributed by atoms with van der Waals surface area (Å²) in [6, 6.07) is 14.6. The lowest BCUT2D eigenvalue weighted by Gasteiger charge is -2.20. The number of aryl methyl sites for hydroxylation is 1. The molecule has 138 valence electrons. The van der Waals surface area contributed by atoms with Gasteiger partial charge in [-0.1, -0.05) is 36.4 Å². The number of esters is 1. The third-order valence-corrected chi connectivity index (χ3v) is 4.90. The highest BCUT2D eigenvalue weighted by Crippen LogP contribution is 2.38. The second-order valence-corrected chi connectivity index (χ2v) is 6.42. The standard InChI is InChI=1S/C21H16F3NO2/c1-27-20(26)19-17(14-6-8-15(9-7-14)21(22,23)24)12-18-16-5-3-2-4-13(16)10-11-25(18)19/h2-9,12H,10-11H2,1H3. The van der Waals surface area contributed by atoms with Gasteiger partial charge in [-0.2, -0.15) is 13.2 Å². The molecule has 2 heterocycles. The molecular weight excluding hydrogens is 355 g/mol. The zero-order valence-corrected chi connectivity index (χ0v) is 14.5. The maximum Gasteiger partial charge on any atom is 0.416 e. The minimum atomic E-state index is -4.40. The van der Waals surface area contributed by atoms with Crippen LogP contribution in [0.1, 0.15) is 21.6 Å². The van der Waals surface area contributed by atoms with Gasteiger partial charge in [0.2, 0.25) is 0 Å². The first-order valence-corrected chi connectivity index (χ1v) is 8.48. The van der Waals surface area contributed by atoms with Gasteiger partial charge < -0.3 is 9.30 Å². The van der Waals surface area contributed by atoms with Crippen LogP contribution in [0.5, 0.6) is 0 Å². The molecule has 6 heteroatoms. The summed E-state index contributed by atoms with van der Waals surface area (Å²) in [5, 5.41) is 0. The summed E-state index contributed by atoms with van der Waals surface area (Å²) in [7, 11) is 1.30. The maximum atomic E-state index is 12.9. The molecule has 4 rings (SSSR count). The summed E-state index contributed by atoms with van der Waals surface area (Å²) in [6.07, 6.45) is -3.63. The Morgan fingerprint density at radius 2 is 1.74 bits per heavy atom. The van der Waals surface area contributed by atoms with Crippen molar-refractivity contribution in [1.82, 2.24) is 4.57 Å². The second-order valence-electron chi connectivity index (χ2n) is 6.42. The van der Waals surface area contributed by atoms with Crippen LogP contribution < -0.4 is 0 Å². The number of alkyl halides is 3. The molecule has 0 spiro atoms. The van der Waals surface area contributed by atoms with Crippen molar-refractivity contribution in [3.05, 3.63) is 71.4 Å². The van der Waals surface area contributed by atoms with Crippen molar-refractivity contribution in [3.8, 4) is 22.4 Å². The summed E-state index contributed by atoms with van der Waals surface area (Å²) >= 11 is 0. The Morgan fingerprint density at radius 3 is 2.41 bits per heavy atom. The number of ether oxygens (including phenoxy) is 1. The minimum Gasteiger partial charge on any atom is -0.464 e. The predicted molar refractivity (Wildman–Crippen MR) is 95.3 cm³/mol. The van der Waals surface area contributed by atoms with Crippen molar-refractivity contribution >= 4 is 5.97 Å². The molecule has 0 amide bonds. The number of aromatic nitrogens is 1. The van der Waals surface area contributed by atoms with Gasteiger partial charge in [0.1, 0.15) is 5.69 Å². The Balaban J connectivity index is 1.89. The smallest absolute Gasteiger partial charge is 0.416 e. The Labute approximate surface area is 154 Å². The molecule has 0 unspecified atom stereocenters. The number of fused-ring (bicyclic) bond motifs is 3. The Hall–Kier alpha value is -3.02. The van der Waals surface area contributed by atoms with E-state index in [9.17, 15) is 18.0 Å². The number of halogens is 3. The van der Waals surface area contributed by atoms with Gasteiger partial charge in [-0.3, -0.25) is 0 Å². The molecule has 0 aliphatic carbocycles. The molecule has 0 atom stereocenters. The van der Waals surface area contributed by atoms with Gasteiger partial charge >= 0.3 is 12.1 Å². The largest absolute Gasteiger partial charge is 0.464 e. The maximum absolute atomic E-state index is 12.9. The first-order valence-electron chi connectivity index (χ1n) is 8.48. The van der Waals surface area contributed by atoms with Gasteiger partial charge in [-0.05, 0) is 35.7 Å². The highest BCUT2D eigenvalue weighted by molar-refractivity contribution is 5.98. The van der Waals surface area contributed by atoms with Crippen LogP contribution >= 0.6 is 0 Å².